The van der Waals surface area contributed by atoms with E-state index in [9.17, 15) is 53.6 Å². The molecule has 21 N–H and O–H groups in total. The Labute approximate surface area is 833 Å². The number of aliphatic hydroxyl groups excluding tert-OH is 1. The number of thioether (sulfide) groups is 1. The number of primary amides is 2. The minimum Gasteiger partial charge on any atom is -0.508 e. The second-order valence-electron chi connectivity index (χ2n) is 37.7. The summed E-state index contributed by atoms with van der Waals surface area (Å²) in [7, 11) is 1.99. The third kappa shape index (κ3) is 30.5. The van der Waals surface area contributed by atoms with Crippen LogP contribution in [0.4, 0.5) is 0 Å². The number of rotatable bonds is 21. The summed E-state index contributed by atoms with van der Waals surface area (Å²) in [6, 6.07) is 0.332. The van der Waals surface area contributed by atoms with Crippen molar-refractivity contribution < 1.29 is 106 Å². The molecule has 6 bridgehead atoms. The van der Waals surface area contributed by atoms with Crippen LogP contribution < -0.4 is 81.1 Å². The molecule has 3 aromatic carbocycles. The number of aliphatic hydroxyl groups is 1. The molecule has 6 aromatic rings. The fraction of sp³-hybridized carbons (Fsp3) is 0.536. The fourth-order valence-electron chi connectivity index (χ4n) is 18.0. The number of fused-ring (bicyclic) bond motifs is 10. The monoisotopic (exact) mass is 2000 g/mol. The van der Waals surface area contributed by atoms with Gasteiger partial charge >= 0.3 is 13.1 Å². The Morgan fingerprint density at radius 3 is 1.90 bits per heavy atom. The first kappa shape index (κ1) is 111. The minimum atomic E-state index is -1.94. The van der Waals surface area contributed by atoms with Gasteiger partial charge in [0.05, 0.1) is 30.5 Å². The molecule has 8 heterocycles. The molecule has 0 saturated carbocycles. The molecule has 0 spiro atoms. The van der Waals surface area contributed by atoms with E-state index >= 15 is 47.9 Å². The first-order valence-electron chi connectivity index (χ1n) is 48.4. The molecular weight excluding hydrogens is 1870 g/mol. The summed E-state index contributed by atoms with van der Waals surface area (Å²) in [5, 5.41) is 64.7. The zero-order chi connectivity index (χ0) is 104. The summed E-state index contributed by atoms with van der Waals surface area (Å²) in [6.07, 6.45) is 1.88. The van der Waals surface area contributed by atoms with Gasteiger partial charge in [-0.1, -0.05) is 122 Å². The molecule has 3 fully saturated rings. The molecule has 5 aliphatic heterocycles. The first-order chi connectivity index (χ1) is 68.1. The summed E-state index contributed by atoms with van der Waals surface area (Å²) >= 11 is 0.786. The van der Waals surface area contributed by atoms with Crippen LogP contribution in [0.25, 0.3) is 21.8 Å². The average Bonchev–Trinajstić information content (AvgIpc) is 1.64. The highest BCUT2D eigenvalue weighted by Gasteiger charge is 2.47. The van der Waals surface area contributed by atoms with Gasteiger partial charge in [-0.3, -0.25) is 91.3 Å². The first-order valence-corrected chi connectivity index (χ1v) is 49.6. The van der Waals surface area contributed by atoms with Crippen molar-refractivity contribution in [3.8, 4) is 5.75 Å². The van der Waals surface area contributed by atoms with Crippen LogP contribution in [-0.2, 0) is 123 Å². The van der Waals surface area contributed by atoms with Gasteiger partial charge in [-0.15, -0.1) is 11.8 Å². The van der Waals surface area contributed by atoms with E-state index in [2.05, 4.69) is 68.5 Å². The Morgan fingerprint density at radius 2 is 1.22 bits per heavy atom. The SMILES string of the molecule is CCCC[C@H]1C(=O)N(C)[C@@H](CCCC)C(=O)N[C@@H](CC(C)C)C(=O)N[C@H](C(=O)NCC(N)=O)CSCC(=O)N[C@@H](Cc2ccc(O)cc2)C(=O)N(C)[C@@H](C)C(=O)N[C@@H](CC(N)=O)C(=O)N2CCC[C@H]2C(=O)N[C@H]2CNCc3ccc(cn3)B(O)OC(=O)Cn3cc(c4ccccc43)C[C@H](NC(=O)[C@H](CCN)NC(=O)[C@H](Cc3c[nH]c4ccccc34)NC(=O)[C@@H]3C[C@@H](O)CN3C(=O)[C@H](CC(C)C)NC2=O)C(=O)N1C. The fourth-order valence-corrected chi connectivity index (χ4v) is 18.9. The topological polar surface area (TPSA) is 637 Å². The number of phenols is 1. The lowest BCUT2D eigenvalue weighted by Crippen LogP contribution is -2.62. The molecule has 46 heteroatoms. The molecule has 3 saturated heterocycles. The Kier molecular flexibility index (Phi) is 40.8. The number of amides is 17. The van der Waals surface area contributed by atoms with Gasteiger partial charge in [0.25, 0.3) is 0 Å². The summed E-state index contributed by atoms with van der Waals surface area (Å²) in [5.74, 6) is -18.8. The number of para-hydroxylation sites is 2. The predicted octanol–water partition coefficient (Wildman–Crippen LogP) is -2.85. The number of phenolic OH excluding ortho intramolecular Hbond substituents is 1. The van der Waals surface area contributed by atoms with Gasteiger partial charge in [0.1, 0.15) is 96.9 Å². The summed E-state index contributed by atoms with van der Waals surface area (Å²) in [6.45, 7) is 9.12. The van der Waals surface area contributed by atoms with Crippen molar-refractivity contribution in [3.63, 3.8) is 0 Å². The van der Waals surface area contributed by atoms with E-state index in [0.717, 1.165) is 31.4 Å². The molecule has 44 nitrogen and oxygen atoms in total. The highest BCUT2D eigenvalue weighted by Crippen LogP contribution is 2.30. The van der Waals surface area contributed by atoms with Crippen LogP contribution in [0.2, 0.25) is 0 Å². The molecular formula is C97H135BN22O22S. The van der Waals surface area contributed by atoms with Gasteiger partial charge in [0.2, 0.25) is 100 Å². The van der Waals surface area contributed by atoms with Crippen LogP contribution in [0.3, 0.4) is 0 Å². The minimum absolute atomic E-state index is 0.00517. The quantitative estimate of drug-likeness (QED) is 0.0323. The molecule has 774 valence electrons. The summed E-state index contributed by atoms with van der Waals surface area (Å²) in [4.78, 5) is 281. The van der Waals surface area contributed by atoms with Crippen molar-refractivity contribution in [1.29, 1.82) is 0 Å². The third-order valence-electron chi connectivity index (χ3n) is 25.9. The van der Waals surface area contributed by atoms with Gasteiger partial charge in [0.15, 0.2) is 0 Å². The normalized spacial score (nSPS) is 24.9. The predicted molar refractivity (Wildman–Crippen MR) is 528 cm³/mol. The molecule has 17 amide bonds. The highest BCUT2D eigenvalue weighted by molar-refractivity contribution is 8.00. The standard InChI is InChI=1S/C97H135BN22O22S/c1-11-13-23-76-90(133)108-67(36-53(3)4)87(130)114-74(85(128)105-47-81(101)124)51-143-52-82(125)106-70(38-56-27-31-61(121)32-28-56)93(136)115(8)55(7)84(127)110-72(42-80(100)123)95(138)119-35-19-26-77(119)91(134)113-73-46-102-45-60-30-29-59(44-103-60)98(141)142-83(126)50-118-48-58(64-21-16-18-25-75(64)118)40-71(94(137)117(10)78(24-14-12-2)97(140)116(76)9)112-86(129)66(33-34-99)107-88(131)68(39-57-43-104-65-22-17-15-20-63(57)65)109-92(135)79-41-62(122)49-120(79)96(139)69(37-54(5)6)111-89(73)132/h15-18,20-22,25,27-32,43-44,48,53-55,62,66-74,76-79,102,104,121-122,141H,11-14,19,23-24,26,33-42,45-47,49-52,99H2,1-10H3,(H2,100,123)(H2,101,124)(H,105,128)(H,106,125)(H,107,131)(H,108,133)(H,109,135)(H,110,127)(H,111,132)(H,112,129)(H,113,134)(H,114,130)/t55-,62+,66-,67-,68-,69-,70-,71-,72-,73-,74-,76-,77-,78-,79-/m0/s1. The Bertz CT molecular complexity index is 5570. The van der Waals surface area contributed by atoms with Crippen molar-refractivity contribution in [2.45, 2.75) is 255 Å². The van der Waals surface area contributed by atoms with Crippen molar-refractivity contribution in [1.82, 2.24) is 97.5 Å². The Morgan fingerprint density at radius 1 is 0.608 bits per heavy atom. The number of aromatic hydroxyl groups is 1. The van der Waals surface area contributed by atoms with Crippen molar-refractivity contribution in [2.24, 2.45) is 29.0 Å². The lowest BCUT2D eigenvalue weighted by molar-refractivity contribution is -0.149. The average molecular weight is 2000 g/mol. The van der Waals surface area contributed by atoms with Crippen LogP contribution in [0.5, 0.6) is 5.75 Å². The molecule has 15 atom stereocenters. The van der Waals surface area contributed by atoms with Gasteiger partial charge in [0, 0.05) is 125 Å². The van der Waals surface area contributed by atoms with E-state index in [1.54, 1.807) is 82.4 Å². The Hall–Kier alpha value is -13.6. The zero-order valence-electron chi connectivity index (χ0n) is 82.3. The number of aromatic nitrogens is 3. The lowest BCUT2D eigenvalue weighted by Gasteiger charge is -2.36. The van der Waals surface area contributed by atoms with Crippen molar-refractivity contribution >= 4 is 153 Å². The number of likely N-dealkylation sites (N-methyl/N-ethyl adjacent to an activating group) is 3. The number of pyridine rings is 1. The molecule has 0 radical (unpaired) electrons. The number of nitrogens with two attached hydrogens (primary N) is 3. The Balaban J connectivity index is 1.10. The molecule has 11 rings (SSSR count). The maximum Gasteiger partial charge on any atom is 0.563 e. The van der Waals surface area contributed by atoms with E-state index in [0.29, 0.717) is 64.2 Å². The second kappa shape index (κ2) is 52.4. The van der Waals surface area contributed by atoms with Crippen molar-refractivity contribution in [3.05, 3.63) is 126 Å². The zero-order valence-corrected chi connectivity index (χ0v) is 83.1. The summed E-state index contributed by atoms with van der Waals surface area (Å²) < 4.78 is 7.12. The number of unbranched alkanes of at least 4 members (excludes halogenated alkanes) is 2. The number of H-pyrrole nitrogens is 1. The number of aromatic amines is 1. The van der Waals surface area contributed by atoms with Gasteiger partial charge in [-0.2, -0.15) is 0 Å². The smallest absolute Gasteiger partial charge is 0.508 e. The van der Waals surface area contributed by atoms with E-state index in [1.165, 1.54) is 86.3 Å². The molecule has 143 heavy (non-hydrogen) atoms. The van der Waals surface area contributed by atoms with Crippen LogP contribution >= 0.6 is 11.8 Å². The van der Waals surface area contributed by atoms with Gasteiger partial charge in [-0.05, 0) is 117 Å². The lowest BCUT2D eigenvalue weighted by atomic mass is 9.81. The van der Waals surface area contributed by atoms with Crippen LogP contribution in [0.15, 0.2) is 104 Å². The number of hydrogen-bond donors (Lipinski definition) is 18. The number of nitrogens with zero attached hydrogens (tertiary/aromatic N) is 7. The third-order valence-corrected chi connectivity index (χ3v) is 26.9. The number of carbonyl (C=O) groups is 18. The van der Waals surface area contributed by atoms with E-state index < -0.39 is 267 Å². The van der Waals surface area contributed by atoms with Gasteiger partial charge in [-0.25, -0.2) is 0 Å². The largest absolute Gasteiger partial charge is 0.563 e. The second-order valence-corrected chi connectivity index (χ2v) is 38.8. The van der Waals surface area contributed by atoms with Crippen LogP contribution in [0.1, 0.15) is 154 Å². The molecule has 5 aliphatic rings. The maximum absolute atomic E-state index is 16.2. The molecule has 3 aromatic heterocycles. The van der Waals surface area contributed by atoms with E-state index in [4.69, 9.17) is 21.9 Å². The van der Waals surface area contributed by atoms with Crippen molar-refractivity contribution in [2.75, 3.05) is 65.4 Å². The molecule has 0 unspecified atom stereocenters. The number of nitrogens with one attached hydrogen (secondary N) is 12. The maximum atomic E-state index is 16.2. The van der Waals surface area contributed by atoms with Crippen LogP contribution in [0, 0.1) is 11.8 Å². The highest BCUT2D eigenvalue weighted by atomic mass is 32.2. The number of carbonyl (C=O) groups excluding carboxylic acids is 18. The van der Waals surface area contributed by atoms with Gasteiger partial charge < -0.3 is 130 Å². The summed E-state index contributed by atoms with van der Waals surface area (Å²) in [5.41, 5.74) is 20.1. The van der Waals surface area contributed by atoms with E-state index in [1.807, 2.05) is 13.8 Å². The number of benzene rings is 3. The molecule has 0 aliphatic carbocycles. The van der Waals surface area contributed by atoms with E-state index in [-0.39, 0.29) is 100 Å². The van der Waals surface area contributed by atoms with Crippen LogP contribution in [-0.4, -0.2) is 324 Å². The number of hydrogen-bond acceptors (Lipinski definition) is 26.